The first-order chi connectivity index (χ1) is 18.3. The zero-order valence-corrected chi connectivity index (χ0v) is 22.7. The summed E-state index contributed by atoms with van der Waals surface area (Å²) in [6.45, 7) is 8.60. The van der Waals surface area contributed by atoms with Gasteiger partial charge in [-0.2, -0.15) is 5.10 Å². The standard InChI is InChI=1S/C29H29Cl2N3O4/c1-4-6-22-13-21(14-26(37-5-2)29(22)38-18-20-9-7-19(3)8-10-20)17-32-34-28(36)16-27(35)33-23-11-12-24(30)25(31)15-23/h4,7-15,17H,1,5-6,16,18H2,2-3H3,(H,33,35)(H,34,36). The molecule has 2 amide bonds. The highest BCUT2D eigenvalue weighted by Crippen LogP contribution is 2.34. The molecule has 2 N–H and O–H groups in total. The first-order valence-electron chi connectivity index (χ1n) is 11.9. The average molecular weight is 554 g/mol. The number of aryl methyl sites for hydroxylation is 1. The minimum atomic E-state index is -0.576. The Kier molecular flexibility index (Phi) is 10.8. The molecule has 3 aromatic rings. The number of carbonyl (C=O) groups excluding carboxylic acids is 2. The molecule has 0 radical (unpaired) electrons. The lowest BCUT2D eigenvalue weighted by Crippen LogP contribution is -2.24. The largest absolute Gasteiger partial charge is 0.490 e. The van der Waals surface area contributed by atoms with E-state index in [0.29, 0.717) is 52.4 Å². The second kappa shape index (κ2) is 14.2. The fraction of sp³-hybridized carbons (Fsp3) is 0.207. The van der Waals surface area contributed by atoms with Crippen LogP contribution in [0.4, 0.5) is 5.69 Å². The van der Waals surface area contributed by atoms with Crippen LogP contribution in [0.3, 0.4) is 0 Å². The molecule has 0 fully saturated rings. The van der Waals surface area contributed by atoms with E-state index < -0.39 is 18.2 Å². The molecule has 198 valence electrons. The van der Waals surface area contributed by atoms with Gasteiger partial charge in [0.1, 0.15) is 13.0 Å². The second-order valence-electron chi connectivity index (χ2n) is 8.35. The molecule has 0 atom stereocenters. The Labute approximate surface area is 232 Å². The maximum Gasteiger partial charge on any atom is 0.249 e. The summed E-state index contributed by atoms with van der Waals surface area (Å²) in [5, 5.41) is 7.25. The maximum absolute atomic E-state index is 12.2. The number of anilines is 1. The van der Waals surface area contributed by atoms with E-state index >= 15 is 0 Å². The molecule has 0 unspecified atom stereocenters. The third-order valence-corrected chi connectivity index (χ3v) is 5.99. The van der Waals surface area contributed by atoms with Crippen LogP contribution in [0, 0.1) is 6.92 Å². The predicted octanol–water partition coefficient (Wildman–Crippen LogP) is 6.49. The number of halogens is 2. The second-order valence-corrected chi connectivity index (χ2v) is 9.17. The van der Waals surface area contributed by atoms with Gasteiger partial charge in [-0.3, -0.25) is 9.59 Å². The van der Waals surface area contributed by atoms with Gasteiger partial charge in [-0.05, 0) is 61.7 Å². The van der Waals surface area contributed by atoms with Crippen molar-refractivity contribution >= 4 is 46.9 Å². The van der Waals surface area contributed by atoms with Crippen molar-refractivity contribution in [3.8, 4) is 11.5 Å². The molecule has 3 aromatic carbocycles. The summed E-state index contributed by atoms with van der Waals surface area (Å²) in [4.78, 5) is 24.4. The molecule has 0 aromatic heterocycles. The van der Waals surface area contributed by atoms with E-state index in [1.165, 1.54) is 17.8 Å². The third kappa shape index (κ3) is 8.64. The number of hydrogen-bond acceptors (Lipinski definition) is 5. The van der Waals surface area contributed by atoms with Gasteiger partial charge < -0.3 is 14.8 Å². The van der Waals surface area contributed by atoms with Crippen LogP contribution in [0.1, 0.15) is 35.6 Å². The Balaban J connectivity index is 1.66. The molecule has 0 aliphatic heterocycles. The number of allylic oxidation sites excluding steroid dienone is 1. The minimum Gasteiger partial charge on any atom is -0.490 e. The summed E-state index contributed by atoms with van der Waals surface area (Å²) in [5.74, 6) is 0.103. The molecular formula is C29H29Cl2N3O4. The Hall–Kier alpha value is -3.81. The zero-order chi connectivity index (χ0) is 27.5. The Morgan fingerprint density at radius 3 is 2.45 bits per heavy atom. The molecule has 38 heavy (non-hydrogen) atoms. The van der Waals surface area contributed by atoms with E-state index in [1.54, 1.807) is 24.3 Å². The highest BCUT2D eigenvalue weighted by molar-refractivity contribution is 6.42. The topological polar surface area (TPSA) is 89.0 Å². The molecule has 0 spiro atoms. The number of rotatable bonds is 12. The fourth-order valence-corrected chi connectivity index (χ4v) is 3.77. The van der Waals surface area contributed by atoms with Crippen molar-refractivity contribution in [3.63, 3.8) is 0 Å². The molecule has 0 saturated carbocycles. The average Bonchev–Trinajstić information content (AvgIpc) is 2.87. The van der Waals surface area contributed by atoms with Crippen molar-refractivity contribution in [2.75, 3.05) is 11.9 Å². The number of amides is 2. The maximum atomic E-state index is 12.2. The van der Waals surface area contributed by atoms with E-state index in [2.05, 4.69) is 22.4 Å². The summed E-state index contributed by atoms with van der Waals surface area (Å²) >= 11 is 11.8. The van der Waals surface area contributed by atoms with Crippen LogP contribution >= 0.6 is 23.2 Å². The Morgan fingerprint density at radius 1 is 1.00 bits per heavy atom. The van der Waals surface area contributed by atoms with Crippen LogP contribution in [0.15, 0.2) is 72.4 Å². The molecule has 0 aliphatic rings. The fourth-order valence-electron chi connectivity index (χ4n) is 3.47. The SMILES string of the molecule is C=CCc1cc(C=NNC(=O)CC(=O)Nc2ccc(Cl)c(Cl)c2)cc(OCC)c1OCc1ccc(C)cc1. The van der Waals surface area contributed by atoms with E-state index in [-0.39, 0.29) is 0 Å². The van der Waals surface area contributed by atoms with Crippen molar-refractivity contribution < 1.29 is 19.1 Å². The quantitative estimate of drug-likeness (QED) is 0.116. The normalized spacial score (nSPS) is 10.7. The smallest absolute Gasteiger partial charge is 0.249 e. The van der Waals surface area contributed by atoms with E-state index in [1.807, 2.05) is 44.2 Å². The van der Waals surface area contributed by atoms with Crippen LogP contribution < -0.4 is 20.2 Å². The van der Waals surface area contributed by atoms with Gasteiger partial charge in [-0.25, -0.2) is 5.43 Å². The van der Waals surface area contributed by atoms with Crippen molar-refractivity contribution in [3.05, 3.63) is 99.6 Å². The third-order valence-electron chi connectivity index (χ3n) is 5.25. The van der Waals surface area contributed by atoms with Crippen LogP contribution in [-0.2, 0) is 22.6 Å². The molecular weight excluding hydrogens is 525 g/mol. The lowest BCUT2D eigenvalue weighted by molar-refractivity contribution is -0.126. The minimum absolute atomic E-state index is 0.298. The number of nitrogens with one attached hydrogen (secondary N) is 2. The van der Waals surface area contributed by atoms with Crippen molar-refractivity contribution in [2.24, 2.45) is 5.10 Å². The lowest BCUT2D eigenvalue weighted by atomic mass is 10.1. The number of benzene rings is 3. The number of nitrogens with zero attached hydrogens (tertiary/aromatic N) is 1. The number of carbonyl (C=O) groups is 2. The summed E-state index contributed by atoms with van der Waals surface area (Å²) in [5.41, 5.74) is 6.58. The molecule has 0 saturated heterocycles. The van der Waals surface area contributed by atoms with Gasteiger partial charge in [-0.15, -0.1) is 6.58 Å². The summed E-state index contributed by atoms with van der Waals surface area (Å²) in [7, 11) is 0. The van der Waals surface area contributed by atoms with Crippen molar-refractivity contribution in [1.29, 1.82) is 0 Å². The van der Waals surface area contributed by atoms with Crippen LogP contribution in [-0.4, -0.2) is 24.6 Å². The van der Waals surface area contributed by atoms with Gasteiger partial charge in [0.2, 0.25) is 11.8 Å². The zero-order valence-electron chi connectivity index (χ0n) is 21.2. The van der Waals surface area contributed by atoms with Crippen LogP contribution in [0.5, 0.6) is 11.5 Å². The van der Waals surface area contributed by atoms with Crippen molar-refractivity contribution in [2.45, 2.75) is 33.3 Å². The van der Waals surface area contributed by atoms with E-state index in [0.717, 1.165) is 11.1 Å². The number of hydrazone groups is 1. The molecule has 0 bridgehead atoms. The number of ether oxygens (including phenoxy) is 2. The van der Waals surface area contributed by atoms with E-state index in [4.69, 9.17) is 32.7 Å². The Morgan fingerprint density at radius 2 is 1.76 bits per heavy atom. The van der Waals surface area contributed by atoms with Gasteiger partial charge in [0, 0.05) is 11.3 Å². The van der Waals surface area contributed by atoms with Crippen LogP contribution in [0.25, 0.3) is 0 Å². The molecule has 7 nitrogen and oxygen atoms in total. The summed E-state index contributed by atoms with van der Waals surface area (Å²) < 4.78 is 12.0. The highest BCUT2D eigenvalue weighted by atomic mass is 35.5. The first kappa shape index (κ1) is 28.8. The summed E-state index contributed by atoms with van der Waals surface area (Å²) in [6, 6.07) is 16.5. The molecule has 9 heteroatoms. The van der Waals surface area contributed by atoms with Gasteiger partial charge in [0.25, 0.3) is 0 Å². The highest BCUT2D eigenvalue weighted by Gasteiger charge is 2.14. The van der Waals surface area contributed by atoms with Gasteiger partial charge in [0.05, 0.1) is 22.9 Å². The molecule has 3 rings (SSSR count). The van der Waals surface area contributed by atoms with Gasteiger partial charge in [0.15, 0.2) is 11.5 Å². The first-order valence-corrected chi connectivity index (χ1v) is 12.7. The Bertz CT molecular complexity index is 1320. The predicted molar refractivity (Wildman–Crippen MR) is 152 cm³/mol. The monoisotopic (exact) mass is 553 g/mol. The van der Waals surface area contributed by atoms with Crippen molar-refractivity contribution in [1.82, 2.24) is 5.43 Å². The molecule has 0 heterocycles. The van der Waals surface area contributed by atoms with Gasteiger partial charge in [-0.1, -0.05) is 59.1 Å². The van der Waals surface area contributed by atoms with E-state index in [9.17, 15) is 9.59 Å². The summed E-state index contributed by atoms with van der Waals surface area (Å²) in [6.07, 6.45) is 3.38. The van der Waals surface area contributed by atoms with Crippen LogP contribution in [0.2, 0.25) is 10.0 Å². The molecule has 0 aliphatic carbocycles. The number of hydrogen-bond donors (Lipinski definition) is 2. The van der Waals surface area contributed by atoms with Gasteiger partial charge >= 0.3 is 0 Å². The lowest BCUT2D eigenvalue weighted by Gasteiger charge is -2.17.